The van der Waals surface area contributed by atoms with Gasteiger partial charge in [-0.1, -0.05) is 10.3 Å². The zero-order valence-corrected chi connectivity index (χ0v) is 14.9. The maximum atomic E-state index is 13.0. The number of aryl methyl sites for hydroxylation is 1. The molecular weight excluding hydrogens is 332 g/mol. The minimum Gasteiger partial charge on any atom is -0.360 e. The predicted molar refractivity (Wildman–Crippen MR) is 91.7 cm³/mol. The molecule has 0 bridgehead atoms. The summed E-state index contributed by atoms with van der Waals surface area (Å²) < 4.78 is 10.8. The quantitative estimate of drug-likeness (QED) is 0.837. The molecule has 1 saturated carbocycles. The number of aromatic nitrogens is 3. The van der Waals surface area contributed by atoms with E-state index in [0.717, 1.165) is 75.2 Å². The van der Waals surface area contributed by atoms with E-state index in [4.69, 9.17) is 9.05 Å². The average Bonchev–Trinajstić information content (AvgIpc) is 3.27. The molecule has 0 radical (unpaired) electrons. The van der Waals surface area contributed by atoms with Gasteiger partial charge in [-0.3, -0.25) is 4.79 Å². The van der Waals surface area contributed by atoms with Gasteiger partial charge in [-0.15, -0.1) is 0 Å². The van der Waals surface area contributed by atoms with Crippen molar-refractivity contribution in [2.45, 2.75) is 63.7 Å². The largest absolute Gasteiger partial charge is 0.360 e. The van der Waals surface area contributed by atoms with Gasteiger partial charge in [0.1, 0.15) is 5.76 Å². The van der Waals surface area contributed by atoms with E-state index in [1.54, 1.807) is 0 Å². The van der Waals surface area contributed by atoms with Crippen LogP contribution in [0, 0.1) is 5.92 Å². The van der Waals surface area contributed by atoms with Gasteiger partial charge in [0.2, 0.25) is 5.89 Å². The molecule has 0 spiro atoms. The highest BCUT2D eigenvalue weighted by atomic mass is 16.5. The Labute approximate surface area is 152 Å². The lowest BCUT2D eigenvalue weighted by molar-refractivity contribution is 0.0656. The van der Waals surface area contributed by atoms with Crippen molar-refractivity contribution in [3.05, 3.63) is 28.7 Å². The molecule has 1 amide bonds. The van der Waals surface area contributed by atoms with E-state index in [-0.39, 0.29) is 5.91 Å². The van der Waals surface area contributed by atoms with Crippen LogP contribution in [-0.2, 0) is 19.3 Å². The van der Waals surface area contributed by atoms with Gasteiger partial charge in [0, 0.05) is 37.4 Å². The third-order valence-electron chi connectivity index (χ3n) is 5.85. The van der Waals surface area contributed by atoms with Crippen LogP contribution in [0.3, 0.4) is 0 Å². The number of carbonyl (C=O) groups is 1. The molecule has 2 aromatic rings. The smallest absolute Gasteiger partial charge is 0.276 e. The highest BCUT2D eigenvalue weighted by molar-refractivity contribution is 5.94. The number of nitrogens with zero attached hydrogens (tertiary/aromatic N) is 4. The van der Waals surface area contributed by atoms with Crippen LogP contribution >= 0.6 is 0 Å². The van der Waals surface area contributed by atoms with Gasteiger partial charge < -0.3 is 13.9 Å². The van der Waals surface area contributed by atoms with Crippen molar-refractivity contribution in [2.24, 2.45) is 5.92 Å². The van der Waals surface area contributed by atoms with Gasteiger partial charge in [0.05, 0.1) is 0 Å². The second kappa shape index (κ2) is 6.52. The van der Waals surface area contributed by atoms with Crippen LogP contribution in [0.25, 0.3) is 0 Å². The molecule has 1 atom stereocenters. The molecule has 2 fully saturated rings. The van der Waals surface area contributed by atoms with Crippen LogP contribution in [0.4, 0.5) is 0 Å². The highest BCUT2D eigenvalue weighted by Gasteiger charge is 2.32. The number of carbonyl (C=O) groups excluding carboxylic acids is 1. The maximum Gasteiger partial charge on any atom is 0.276 e. The Morgan fingerprint density at radius 3 is 2.85 bits per heavy atom. The SMILES string of the molecule is O=C(c1noc2c1CCCC2)N1CCC[C@H](Cc2nc(C3CC3)no2)C1. The molecule has 2 aromatic heterocycles. The molecule has 0 N–H and O–H groups in total. The van der Waals surface area contributed by atoms with E-state index < -0.39 is 0 Å². The Morgan fingerprint density at radius 1 is 1.08 bits per heavy atom. The van der Waals surface area contributed by atoms with Crippen LogP contribution in [-0.4, -0.2) is 39.2 Å². The first-order chi connectivity index (χ1) is 12.8. The lowest BCUT2D eigenvalue weighted by Gasteiger charge is -2.31. The third kappa shape index (κ3) is 3.04. The topological polar surface area (TPSA) is 85.3 Å². The Balaban J connectivity index is 1.26. The second-order valence-electron chi connectivity index (χ2n) is 7.92. The molecule has 1 saturated heterocycles. The molecular formula is C19H24N4O3. The summed E-state index contributed by atoms with van der Waals surface area (Å²) in [6.07, 6.45) is 9.22. The molecule has 0 unspecified atom stereocenters. The van der Waals surface area contributed by atoms with Crippen molar-refractivity contribution in [3.8, 4) is 0 Å². The monoisotopic (exact) mass is 356 g/mol. The Morgan fingerprint density at radius 2 is 1.96 bits per heavy atom. The first-order valence-electron chi connectivity index (χ1n) is 9.87. The van der Waals surface area contributed by atoms with Crippen LogP contribution in [0.15, 0.2) is 9.05 Å². The fraction of sp³-hybridized carbons (Fsp3) is 0.684. The molecule has 1 aliphatic heterocycles. The Bertz CT molecular complexity index is 808. The van der Waals surface area contributed by atoms with Gasteiger partial charge in [0.15, 0.2) is 11.5 Å². The summed E-state index contributed by atoms with van der Waals surface area (Å²) in [5.41, 5.74) is 1.57. The predicted octanol–water partition coefficient (Wildman–Crippen LogP) is 2.91. The molecule has 7 nitrogen and oxygen atoms in total. The molecule has 7 heteroatoms. The van der Waals surface area contributed by atoms with Crippen molar-refractivity contribution < 1.29 is 13.8 Å². The first kappa shape index (κ1) is 16.0. The van der Waals surface area contributed by atoms with Gasteiger partial charge in [-0.25, -0.2) is 0 Å². The van der Waals surface area contributed by atoms with E-state index in [9.17, 15) is 4.79 Å². The van der Waals surface area contributed by atoms with Crippen LogP contribution in [0.5, 0.6) is 0 Å². The summed E-state index contributed by atoms with van der Waals surface area (Å²) in [5, 5.41) is 8.20. The lowest BCUT2D eigenvalue weighted by atomic mass is 9.93. The molecule has 138 valence electrons. The van der Waals surface area contributed by atoms with Crippen molar-refractivity contribution in [3.63, 3.8) is 0 Å². The van der Waals surface area contributed by atoms with Crippen LogP contribution in [0.2, 0.25) is 0 Å². The van der Waals surface area contributed by atoms with E-state index >= 15 is 0 Å². The minimum atomic E-state index is 0.0193. The summed E-state index contributed by atoms with van der Waals surface area (Å²) in [6.45, 7) is 1.51. The van der Waals surface area contributed by atoms with Gasteiger partial charge in [-0.05, 0) is 50.9 Å². The molecule has 26 heavy (non-hydrogen) atoms. The third-order valence-corrected chi connectivity index (χ3v) is 5.85. The summed E-state index contributed by atoms with van der Waals surface area (Å²) in [7, 11) is 0. The number of piperidine rings is 1. The average molecular weight is 356 g/mol. The number of rotatable bonds is 4. The first-order valence-corrected chi connectivity index (χ1v) is 9.87. The Hall–Kier alpha value is -2.18. The summed E-state index contributed by atoms with van der Waals surface area (Å²) >= 11 is 0. The maximum absolute atomic E-state index is 13.0. The van der Waals surface area contributed by atoms with Gasteiger partial charge >= 0.3 is 0 Å². The van der Waals surface area contributed by atoms with Crippen molar-refractivity contribution in [2.75, 3.05) is 13.1 Å². The summed E-state index contributed by atoms with van der Waals surface area (Å²) in [6, 6.07) is 0. The standard InChI is InChI=1S/C19H24N4O3/c24-19(17-14-5-1-2-6-15(14)25-21-17)23-9-3-4-12(11-23)10-16-20-18(22-26-16)13-7-8-13/h12-13H,1-11H2/t12-/m1/s1. The molecule has 2 aliphatic carbocycles. The zero-order valence-electron chi connectivity index (χ0n) is 14.9. The molecule has 3 aliphatic rings. The fourth-order valence-electron chi connectivity index (χ4n) is 4.22. The Kier molecular flexibility index (Phi) is 4.02. The second-order valence-corrected chi connectivity index (χ2v) is 7.92. The van der Waals surface area contributed by atoms with Gasteiger partial charge in [-0.2, -0.15) is 4.98 Å². The van der Waals surface area contributed by atoms with Crippen molar-refractivity contribution in [1.82, 2.24) is 20.2 Å². The molecule has 0 aromatic carbocycles. The number of likely N-dealkylation sites (tertiary alicyclic amines) is 1. The van der Waals surface area contributed by atoms with Crippen LogP contribution < -0.4 is 0 Å². The minimum absolute atomic E-state index is 0.0193. The van der Waals surface area contributed by atoms with Crippen molar-refractivity contribution >= 4 is 5.91 Å². The fourth-order valence-corrected chi connectivity index (χ4v) is 4.22. The van der Waals surface area contributed by atoms with E-state index in [2.05, 4.69) is 15.3 Å². The lowest BCUT2D eigenvalue weighted by Crippen LogP contribution is -2.41. The molecule has 3 heterocycles. The number of fused-ring (bicyclic) bond motifs is 1. The summed E-state index contributed by atoms with van der Waals surface area (Å²) in [5.74, 6) is 3.37. The van der Waals surface area contributed by atoms with E-state index in [1.165, 1.54) is 12.8 Å². The van der Waals surface area contributed by atoms with Gasteiger partial charge in [0.25, 0.3) is 5.91 Å². The number of hydrogen-bond acceptors (Lipinski definition) is 6. The van der Waals surface area contributed by atoms with Crippen LogP contribution in [0.1, 0.15) is 78.0 Å². The number of amides is 1. The van der Waals surface area contributed by atoms with E-state index in [0.29, 0.717) is 23.4 Å². The normalized spacial score (nSPS) is 23.1. The van der Waals surface area contributed by atoms with Crippen molar-refractivity contribution in [1.29, 1.82) is 0 Å². The molecule has 5 rings (SSSR count). The number of hydrogen-bond donors (Lipinski definition) is 0. The zero-order chi connectivity index (χ0) is 17.5. The summed E-state index contributed by atoms with van der Waals surface area (Å²) in [4.78, 5) is 19.4. The van der Waals surface area contributed by atoms with E-state index in [1.807, 2.05) is 4.90 Å². The highest BCUT2D eigenvalue weighted by Crippen LogP contribution is 2.38.